The van der Waals surface area contributed by atoms with Gasteiger partial charge in [0.2, 0.25) is 0 Å². The van der Waals surface area contributed by atoms with E-state index in [1.54, 1.807) is 19.5 Å². The van der Waals surface area contributed by atoms with Gasteiger partial charge in [0.15, 0.2) is 0 Å². The first kappa shape index (κ1) is 21.3. The standard InChI is InChI=1S/C28H24N4O2/c1-33-28-17-25(34-19-20-4-3-14-29-18-20)12-9-22(28)8-11-24-16-23(31-32-24)10-7-21-5-2-6-27-26(21)13-15-30-27/h2-18,30H,19H2,1H3,(H,31,32). The molecule has 0 fully saturated rings. The summed E-state index contributed by atoms with van der Waals surface area (Å²) in [5, 5.41) is 8.66. The molecule has 5 aromatic rings. The van der Waals surface area contributed by atoms with Crippen molar-refractivity contribution in [2.24, 2.45) is 0 Å². The van der Waals surface area contributed by atoms with E-state index in [-0.39, 0.29) is 0 Å². The van der Waals surface area contributed by atoms with E-state index in [9.17, 15) is 0 Å². The van der Waals surface area contributed by atoms with Crippen LogP contribution in [-0.2, 0) is 6.61 Å². The minimum atomic E-state index is 0.453. The molecule has 0 spiro atoms. The van der Waals surface area contributed by atoms with Crippen molar-refractivity contribution in [3.8, 4) is 11.5 Å². The lowest BCUT2D eigenvalue weighted by Gasteiger charge is -2.10. The van der Waals surface area contributed by atoms with Gasteiger partial charge in [-0.2, -0.15) is 5.10 Å². The Balaban J connectivity index is 1.26. The van der Waals surface area contributed by atoms with E-state index in [0.29, 0.717) is 6.61 Å². The van der Waals surface area contributed by atoms with Crippen molar-refractivity contribution in [1.82, 2.24) is 20.2 Å². The fraction of sp³-hybridized carbons (Fsp3) is 0.0714. The number of nitrogens with zero attached hydrogens (tertiary/aromatic N) is 2. The molecule has 0 amide bonds. The molecule has 6 nitrogen and oxygen atoms in total. The predicted molar refractivity (Wildman–Crippen MR) is 136 cm³/mol. The highest BCUT2D eigenvalue weighted by Gasteiger charge is 2.05. The molecule has 168 valence electrons. The first-order chi connectivity index (χ1) is 16.8. The molecule has 34 heavy (non-hydrogen) atoms. The van der Waals surface area contributed by atoms with Crippen LogP contribution in [0.3, 0.4) is 0 Å². The molecule has 0 saturated carbocycles. The Morgan fingerprint density at radius 2 is 1.85 bits per heavy atom. The van der Waals surface area contributed by atoms with Crippen LogP contribution >= 0.6 is 0 Å². The van der Waals surface area contributed by atoms with Crippen LogP contribution in [0, 0.1) is 0 Å². The largest absolute Gasteiger partial charge is 0.496 e. The first-order valence-corrected chi connectivity index (χ1v) is 11.0. The van der Waals surface area contributed by atoms with Gasteiger partial charge in [0.05, 0.1) is 18.5 Å². The van der Waals surface area contributed by atoms with E-state index in [1.807, 2.05) is 66.9 Å². The van der Waals surface area contributed by atoms with Crippen molar-refractivity contribution in [2.45, 2.75) is 6.61 Å². The SMILES string of the molecule is COc1cc(OCc2cccnc2)ccc1C=Cc1cc(C=Cc2cccc3[nH]ccc23)[nH]n1. The normalized spacial score (nSPS) is 11.6. The van der Waals surface area contributed by atoms with Crippen LogP contribution in [0.15, 0.2) is 79.3 Å². The van der Waals surface area contributed by atoms with Gasteiger partial charge in [-0.15, -0.1) is 0 Å². The lowest BCUT2D eigenvalue weighted by Crippen LogP contribution is -1.96. The van der Waals surface area contributed by atoms with Crippen LogP contribution < -0.4 is 9.47 Å². The van der Waals surface area contributed by atoms with Crippen LogP contribution in [0.25, 0.3) is 35.2 Å². The van der Waals surface area contributed by atoms with E-state index < -0.39 is 0 Å². The summed E-state index contributed by atoms with van der Waals surface area (Å²) >= 11 is 0. The van der Waals surface area contributed by atoms with Gasteiger partial charge in [-0.25, -0.2) is 0 Å². The third-order valence-corrected chi connectivity index (χ3v) is 5.46. The van der Waals surface area contributed by atoms with Gasteiger partial charge < -0.3 is 14.5 Å². The highest BCUT2D eigenvalue weighted by molar-refractivity contribution is 5.91. The molecule has 6 heteroatoms. The number of hydrogen-bond acceptors (Lipinski definition) is 4. The molecule has 2 N–H and O–H groups in total. The van der Waals surface area contributed by atoms with Crippen molar-refractivity contribution >= 4 is 35.2 Å². The molecule has 0 aliphatic rings. The van der Waals surface area contributed by atoms with Crippen molar-refractivity contribution in [3.05, 3.63) is 107 Å². The van der Waals surface area contributed by atoms with E-state index in [4.69, 9.17) is 9.47 Å². The summed E-state index contributed by atoms with van der Waals surface area (Å²) in [6.45, 7) is 0.453. The van der Waals surface area contributed by atoms with Crippen molar-refractivity contribution in [2.75, 3.05) is 7.11 Å². The number of ether oxygens (including phenoxy) is 2. The zero-order valence-electron chi connectivity index (χ0n) is 18.7. The average Bonchev–Trinajstić information content (AvgIpc) is 3.55. The van der Waals surface area contributed by atoms with Gasteiger partial charge in [-0.05, 0) is 60.2 Å². The summed E-state index contributed by atoms with van der Waals surface area (Å²) in [5.74, 6) is 1.47. The molecule has 0 unspecified atom stereocenters. The minimum Gasteiger partial charge on any atom is -0.496 e. The Morgan fingerprint density at radius 1 is 0.912 bits per heavy atom. The number of benzene rings is 2. The Morgan fingerprint density at radius 3 is 2.74 bits per heavy atom. The molecular formula is C28H24N4O2. The van der Waals surface area contributed by atoms with Crippen LogP contribution in [-0.4, -0.2) is 27.3 Å². The number of methoxy groups -OCH3 is 1. The van der Waals surface area contributed by atoms with Crippen molar-refractivity contribution in [3.63, 3.8) is 0 Å². The zero-order chi connectivity index (χ0) is 23.2. The number of fused-ring (bicyclic) bond motifs is 1. The molecular weight excluding hydrogens is 424 g/mol. The Kier molecular flexibility index (Phi) is 6.21. The van der Waals surface area contributed by atoms with Gasteiger partial charge in [0.25, 0.3) is 0 Å². The van der Waals surface area contributed by atoms with Gasteiger partial charge in [0, 0.05) is 46.7 Å². The summed E-state index contributed by atoms with van der Waals surface area (Å²) in [4.78, 5) is 7.35. The van der Waals surface area contributed by atoms with Gasteiger partial charge >= 0.3 is 0 Å². The average molecular weight is 449 g/mol. The topological polar surface area (TPSA) is 75.8 Å². The van der Waals surface area contributed by atoms with Crippen LogP contribution in [0.1, 0.15) is 28.1 Å². The van der Waals surface area contributed by atoms with Crippen LogP contribution in [0.2, 0.25) is 0 Å². The van der Waals surface area contributed by atoms with Crippen molar-refractivity contribution in [1.29, 1.82) is 0 Å². The third-order valence-electron chi connectivity index (χ3n) is 5.46. The number of H-pyrrole nitrogens is 2. The number of nitrogens with one attached hydrogen (secondary N) is 2. The lowest BCUT2D eigenvalue weighted by molar-refractivity contribution is 0.303. The highest BCUT2D eigenvalue weighted by Crippen LogP contribution is 2.27. The molecule has 2 aromatic carbocycles. The number of aromatic amines is 2. The van der Waals surface area contributed by atoms with E-state index in [2.05, 4.69) is 44.4 Å². The maximum Gasteiger partial charge on any atom is 0.129 e. The van der Waals surface area contributed by atoms with Crippen LogP contribution in [0.5, 0.6) is 11.5 Å². The molecule has 0 bridgehead atoms. The second kappa shape index (κ2) is 9.92. The monoisotopic (exact) mass is 448 g/mol. The molecule has 3 heterocycles. The first-order valence-electron chi connectivity index (χ1n) is 11.0. The minimum absolute atomic E-state index is 0.453. The Hall–Kier alpha value is -4.58. The van der Waals surface area contributed by atoms with Gasteiger partial charge in [0.1, 0.15) is 18.1 Å². The zero-order valence-corrected chi connectivity index (χ0v) is 18.7. The summed E-state index contributed by atoms with van der Waals surface area (Å²) in [6, 6.07) is 20.0. The number of hydrogen-bond donors (Lipinski definition) is 2. The quantitative estimate of drug-likeness (QED) is 0.296. The molecule has 5 rings (SSSR count). The fourth-order valence-corrected chi connectivity index (χ4v) is 3.70. The number of rotatable bonds is 8. The van der Waals surface area contributed by atoms with E-state index in [1.165, 1.54) is 5.39 Å². The lowest BCUT2D eigenvalue weighted by atomic mass is 10.1. The summed E-state index contributed by atoms with van der Waals surface area (Å²) in [6.07, 6.45) is 13.5. The maximum absolute atomic E-state index is 5.87. The highest BCUT2D eigenvalue weighted by atomic mass is 16.5. The molecule has 0 aliphatic heterocycles. The predicted octanol–water partition coefficient (Wildman–Crippen LogP) is 6.21. The fourth-order valence-electron chi connectivity index (χ4n) is 3.70. The molecule has 0 atom stereocenters. The smallest absolute Gasteiger partial charge is 0.129 e. The molecule has 0 saturated heterocycles. The third kappa shape index (κ3) is 4.91. The molecule has 0 radical (unpaired) electrons. The summed E-state index contributed by atoms with van der Waals surface area (Å²) in [7, 11) is 1.65. The van der Waals surface area contributed by atoms with Gasteiger partial charge in [-0.1, -0.05) is 24.3 Å². The van der Waals surface area contributed by atoms with E-state index >= 15 is 0 Å². The van der Waals surface area contributed by atoms with Crippen LogP contribution in [0.4, 0.5) is 0 Å². The Labute approximate surface area is 197 Å². The summed E-state index contributed by atoms with van der Waals surface area (Å²) < 4.78 is 11.4. The molecule has 3 aromatic heterocycles. The second-order valence-corrected chi connectivity index (χ2v) is 7.75. The number of pyridine rings is 1. The van der Waals surface area contributed by atoms with Crippen molar-refractivity contribution < 1.29 is 9.47 Å². The molecule has 0 aliphatic carbocycles. The number of aromatic nitrogens is 4. The maximum atomic E-state index is 5.87. The summed E-state index contributed by atoms with van der Waals surface area (Å²) in [5.41, 5.74) is 5.99. The second-order valence-electron chi connectivity index (χ2n) is 7.75. The van der Waals surface area contributed by atoms with Gasteiger partial charge in [-0.3, -0.25) is 10.1 Å². The Bertz CT molecular complexity index is 1450. The van der Waals surface area contributed by atoms with E-state index in [0.717, 1.165) is 45.1 Å².